The Morgan fingerprint density at radius 1 is 1.52 bits per heavy atom. The maximum Gasteiger partial charge on any atom is 0.437 e. The van der Waals surface area contributed by atoms with Crippen molar-refractivity contribution in [1.29, 1.82) is 0 Å². The minimum absolute atomic E-state index is 0.120. The average Bonchev–Trinajstić information content (AvgIpc) is 2.93. The van der Waals surface area contributed by atoms with E-state index in [1.54, 1.807) is 6.92 Å². The second kappa shape index (κ2) is 5.51. The summed E-state index contributed by atoms with van der Waals surface area (Å²) in [4.78, 5) is 12.2. The number of nitrogens with zero attached hydrogens (tertiary/aromatic N) is 3. The Morgan fingerprint density at radius 2 is 2.19 bits per heavy atom. The SMILES string of the molecule is CCn1ncc(Br)c1C(=O)Nc1c(C(F)(F)F)n[nH]c1C. The van der Waals surface area contributed by atoms with Crippen molar-refractivity contribution in [2.75, 3.05) is 5.32 Å². The summed E-state index contributed by atoms with van der Waals surface area (Å²) in [5.41, 5.74) is -1.28. The molecule has 2 N–H and O–H groups in total. The standard InChI is InChI=1S/C11H11BrF3N5O/c1-3-20-8(6(12)4-16-20)10(21)17-7-5(2)18-19-9(7)11(13,14)15/h4H,3H2,1-2H3,(H,17,21)(H,18,19). The van der Waals surface area contributed by atoms with Gasteiger partial charge in [-0.25, -0.2) is 0 Å². The van der Waals surface area contributed by atoms with Gasteiger partial charge in [0.2, 0.25) is 0 Å². The van der Waals surface area contributed by atoms with E-state index in [4.69, 9.17) is 0 Å². The molecule has 0 saturated carbocycles. The first kappa shape index (κ1) is 15.5. The second-order valence-corrected chi connectivity index (χ2v) is 5.04. The minimum atomic E-state index is -4.66. The lowest BCUT2D eigenvalue weighted by molar-refractivity contribution is -0.140. The van der Waals surface area contributed by atoms with Gasteiger partial charge in [-0.05, 0) is 29.8 Å². The lowest BCUT2D eigenvalue weighted by Gasteiger charge is -2.10. The van der Waals surface area contributed by atoms with E-state index in [2.05, 4.69) is 36.5 Å². The summed E-state index contributed by atoms with van der Waals surface area (Å²) in [6.07, 6.45) is -3.25. The van der Waals surface area contributed by atoms with Gasteiger partial charge >= 0.3 is 6.18 Å². The molecular formula is C11H11BrF3N5O. The third-order valence-corrected chi connectivity index (χ3v) is 3.34. The van der Waals surface area contributed by atoms with Gasteiger partial charge in [-0.15, -0.1) is 0 Å². The molecule has 0 spiro atoms. The Morgan fingerprint density at radius 3 is 2.76 bits per heavy atom. The normalized spacial score (nSPS) is 11.7. The van der Waals surface area contributed by atoms with Crippen LogP contribution in [0.5, 0.6) is 0 Å². The molecule has 0 aromatic carbocycles. The van der Waals surface area contributed by atoms with Gasteiger partial charge in [0.1, 0.15) is 5.69 Å². The summed E-state index contributed by atoms with van der Waals surface area (Å²) in [5.74, 6) is -0.698. The van der Waals surface area contributed by atoms with Crippen molar-refractivity contribution in [1.82, 2.24) is 20.0 Å². The topological polar surface area (TPSA) is 75.6 Å². The van der Waals surface area contributed by atoms with Crippen LogP contribution >= 0.6 is 15.9 Å². The van der Waals surface area contributed by atoms with E-state index in [1.165, 1.54) is 17.8 Å². The first-order valence-electron chi connectivity index (χ1n) is 5.90. The fourth-order valence-electron chi connectivity index (χ4n) is 1.79. The number of aromatic amines is 1. The van der Waals surface area contributed by atoms with Crippen LogP contribution in [0.1, 0.15) is 28.8 Å². The molecular weight excluding hydrogens is 355 g/mol. The van der Waals surface area contributed by atoms with Crippen LogP contribution in [0, 0.1) is 6.92 Å². The fraction of sp³-hybridized carbons (Fsp3) is 0.364. The second-order valence-electron chi connectivity index (χ2n) is 4.18. The number of alkyl halides is 3. The van der Waals surface area contributed by atoms with E-state index in [0.717, 1.165) is 0 Å². The van der Waals surface area contributed by atoms with E-state index in [0.29, 0.717) is 11.0 Å². The molecule has 0 aliphatic heterocycles. The number of hydrogen-bond acceptors (Lipinski definition) is 3. The number of anilines is 1. The molecule has 2 rings (SSSR count). The number of hydrogen-bond donors (Lipinski definition) is 2. The molecule has 0 aliphatic rings. The summed E-state index contributed by atoms with van der Waals surface area (Å²) in [6.45, 7) is 3.56. The molecule has 1 amide bonds. The maximum atomic E-state index is 12.8. The Bertz CT molecular complexity index is 676. The highest BCUT2D eigenvalue weighted by atomic mass is 79.9. The summed E-state index contributed by atoms with van der Waals surface area (Å²) < 4.78 is 40.2. The first-order valence-corrected chi connectivity index (χ1v) is 6.69. The number of halogens is 4. The van der Waals surface area contributed by atoms with Crippen molar-refractivity contribution in [3.05, 3.63) is 27.8 Å². The Hall–Kier alpha value is -1.84. The highest BCUT2D eigenvalue weighted by Crippen LogP contribution is 2.35. The summed E-state index contributed by atoms with van der Waals surface area (Å²) in [7, 11) is 0. The Kier molecular flexibility index (Phi) is 4.08. The highest BCUT2D eigenvalue weighted by molar-refractivity contribution is 9.10. The molecule has 0 bridgehead atoms. The van der Waals surface area contributed by atoms with Crippen LogP contribution in [0.2, 0.25) is 0 Å². The number of carbonyl (C=O) groups excluding carboxylic acids is 1. The van der Waals surface area contributed by atoms with Crippen molar-refractivity contribution >= 4 is 27.5 Å². The average molecular weight is 366 g/mol. The number of carbonyl (C=O) groups is 1. The highest BCUT2D eigenvalue weighted by Gasteiger charge is 2.38. The maximum absolute atomic E-state index is 12.8. The minimum Gasteiger partial charge on any atom is -0.317 e. The van der Waals surface area contributed by atoms with Crippen LogP contribution in [0.4, 0.5) is 18.9 Å². The largest absolute Gasteiger partial charge is 0.437 e. The van der Waals surface area contributed by atoms with E-state index >= 15 is 0 Å². The van der Waals surface area contributed by atoms with Crippen LogP contribution in [-0.4, -0.2) is 25.9 Å². The molecule has 2 aromatic heterocycles. The Balaban J connectivity index is 2.37. The molecule has 6 nitrogen and oxygen atoms in total. The zero-order chi connectivity index (χ0) is 15.8. The predicted molar refractivity (Wildman–Crippen MR) is 71.9 cm³/mol. The van der Waals surface area contributed by atoms with E-state index < -0.39 is 17.8 Å². The number of aromatic nitrogens is 4. The van der Waals surface area contributed by atoms with E-state index in [9.17, 15) is 18.0 Å². The summed E-state index contributed by atoms with van der Waals surface area (Å²) in [6, 6.07) is 0. The van der Waals surface area contributed by atoms with Crippen molar-refractivity contribution in [2.45, 2.75) is 26.6 Å². The number of amides is 1. The molecule has 0 fully saturated rings. The molecule has 10 heteroatoms. The lowest BCUT2D eigenvalue weighted by atomic mass is 10.2. The quantitative estimate of drug-likeness (QED) is 0.877. The molecule has 0 aliphatic carbocycles. The van der Waals surface area contributed by atoms with Crippen LogP contribution in [0.15, 0.2) is 10.7 Å². The van der Waals surface area contributed by atoms with E-state index in [-0.39, 0.29) is 17.1 Å². The third kappa shape index (κ3) is 2.94. The van der Waals surface area contributed by atoms with Crippen LogP contribution in [0.25, 0.3) is 0 Å². The predicted octanol–water partition coefficient (Wildman–Crippen LogP) is 2.97. The van der Waals surface area contributed by atoms with Gasteiger partial charge in [0.15, 0.2) is 5.69 Å². The third-order valence-electron chi connectivity index (χ3n) is 2.76. The molecule has 21 heavy (non-hydrogen) atoms. The van der Waals surface area contributed by atoms with Gasteiger partial charge in [-0.1, -0.05) is 0 Å². The van der Waals surface area contributed by atoms with Gasteiger partial charge in [-0.2, -0.15) is 23.4 Å². The summed E-state index contributed by atoms with van der Waals surface area (Å²) in [5, 5.41) is 11.6. The number of rotatable bonds is 3. The van der Waals surface area contributed by atoms with Gasteiger partial charge in [0.05, 0.1) is 22.1 Å². The lowest BCUT2D eigenvalue weighted by Crippen LogP contribution is -2.20. The molecule has 2 heterocycles. The van der Waals surface area contributed by atoms with Crippen LogP contribution in [0.3, 0.4) is 0 Å². The van der Waals surface area contributed by atoms with Gasteiger partial charge in [0.25, 0.3) is 5.91 Å². The molecule has 0 radical (unpaired) electrons. The summed E-state index contributed by atoms with van der Waals surface area (Å²) >= 11 is 3.15. The number of nitrogens with one attached hydrogen (secondary N) is 2. The van der Waals surface area contributed by atoms with Crippen LogP contribution in [-0.2, 0) is 12.7 Å². The molecule has 114 valence electrons. The fourth-order valence-corrected chi connectivity index (χ4v) is 2.26. The van der Waals surface area contributed by atoms with Crippen molar-refractivity contribution in [3.63, 3.8) is 0 Å². The smallest absolute Gasteiger partial charge is 0.317 e. The molecule has 0 unspecified atom stereocenters. The van der Waals surface area contributed by atoms with Crippen LogP contribution < -0.4 is 5.32 Å². The zero-order valence-corrected chi connectivity index (χ0v) is 12.6. The van der Waals surface area contributed by atoms with Crippen molar-refractivity contribution in [2.24, 2.45) is 0 Å². The number of aryl methyl sites for hydroxylation is 2. The molecule has 2 aromatic rings. The molecule has 0 saturated heterocycles. The van der Waals surface area contributed by atoms with Gasteiger partial charge in [-0.3, -0.25) is 14.6 Å². The van der Waals surface area contributed by atoms with E-state index in [1.807, 2.05) is 0 Å². The van der Waals surface area contributed by atoms with Crippen molar-refractivity contribution in [3.8, 4) is 0 Å². The first-order chi connectivity index (χ1) is 9.75. The Labute approximate surface area is 125 Å². The van der Waals surface area contributed by atoms with Crippen molar-refractivity contribution < 1.29 is 18.0 Å². The monoisotopic (exact) mass is 365 g/mol. The van der Waals surface area contributed by atoms with Gasteiger partial charge < -0.3 is 5.32 Å². The zero-order valence-electron chi connectivity index (χ0n) is 11.0. The number of H-pyrrole nitrogens is 1. The molecule has 0 atom stereocenters. The van der Waals surface area contributed by atoms with Gasteiger partial charge in [0, 0.05) is 6.54 Å².